The second-order valence-electron chi connectivity index (χ2n) is 6.31. The van der Waals surface area contributed by atoms with E-state index in [1.54, 1.807) is 0 Å². The molecule has 2 N–H and O–H groups in total. The number of nitrogens with zero attached hydrogens (tertiary/aromatic N) is 1. The molecule has 2 rings (SSSR count). The summed E-state index contributed by atoms with van der Waals surface area (Å²) in [6.45, 7) is 8.64. The van der Waals surface area contributed by atoms with Gasteiger partial charge in [-0.05, 0) is 45.7 Å². The fraction of sp³-hybridized carbons (Fsp3) is 0.667. The van der Waals surface area contributed by atoms with E-state index in [4.69, 9.17) is 0 Å². The van der Waals surface area contributed by atoms with Gasteiger partial charge in [-0.1, -0.05) is 25.8 Å². The molecule has 0 aliphatic carbocycles. The van der Waals surface area contributed by atoms with Gasteiger partial charge in [-0.2, -0.15) is 0 Å². The van der Waals surface area contributed by atoms with Crippen LogP contribution in [0, 0.1) is 0 Å². The van der Waals surface area contributed by atoms with Crippen molar-refractivity contribution < 1.29 is 5.11 Å². The van der Waals surface area contributed by atoms with Gasteiger partial charge in [0.25, 0.3) is 0 Å². The minimum absolute atomic E-state index is 0.195. The standard InChI is InChI=1S/C18H30N2O/c1-4-11-19-15(3)17-10-9-16(13-18(17)21)20-12-7-5-6-8-14(20)2/h9-10,13-15,19,21H,4-8,11-12H2,1-3H3. The molecule has 1 heterocycles. The molecule has 2 unspecified atom stereocenters. The second kappa shape index (κ2) is 7.69. The highest BCUT2D eigenvalue weighted by atomic mass is 16.3. The molecule has 118 valence electrons. The summed E-state index contributed by atoms with van der Waals surface area (Å²) >= 11 is 0. The van der Waals surface area contributed by atoms with E-state index >= 15 is 0 Å². The fourth-order valence-corrected chi connectivity index (χ4v) is 3.21. The Morgan fingerprint density at radius 2 is 2.14 bits per heavy atom. The Labute approximate surface area is 129 Å². The first-order chi connectivity index (χ1) is 10.1. The molecule has 0 bridgehead atoms. The van der Waals surface area contributed by atoms with E-state index in [2.05, 4.69) is 43.1 Å². The largest absolute Gasteiger partial charge is 0.508 e. The van der Waals surface area contributed by atoms with E-state index < -0.39 is 0 Å². The van der Waals surface area contributed by atoms with Crippen molar-refractivity contribution in [3.63, 3.8) is 0 Å². The molecule has 0 amide bonds. The number of rotatable bonds is 5. The molecule has 0 aromatic heterocycles. The Bertz CT molecular complexity index is 447. The van der Waals surface area contributed by atoms with Crippen molar-refractivity contribution in [1.29, 1.82) is 0 Å². The number of phenols is 1. The van der Waals surface area contributed by atoms with E-state index in [0.717, 1.165) is 30.8 Å². The highest BCUT2D eigenvalue weighted by molar-refractivity contribution is 5.54. The SMILES string of the molecule is CCCNC(C)c1ccc(N2CCCCCC2C)cc1O. The Morgan fingerprint density at radius 3 is 2.86 bits per heavy atom. The van der Waals surface area contributed by atoms with Crippen LogP contribution in [0.3, 0.4) is 0 Å². The van der Waals surface area contributed by atoms with E-state index in [1.807, 2.05) is 6.07 Å². The first-order valence-electron chi connectivity index (χ1n) is 8.46. The van der Waals surface area contributed by atoms with Gasteiger partial charge in [0.15, 0.2) is 0 Å². The summed E-state index contributed by atoms with van der Waals surface area (Å²) in [4.78, 5) is 2.45. The summed E-state index contributed by atoms with van der Waals surface area (Å²) in [5.41, 5.74) is 2.16. The average molecular weight is 290 g/mol. The van der Waals surface area contributed by atoms with Gasteiger partial charge in [0, 0.05) is 35.9 Å². The Hall–Kier alpha value is -1.22. The van der Waals surface area contributed by atoms with Crippen LogP contribution in [0.25, 0.3) is 0 Å². The van der Waals surface area contributed by atoms with Crippen LogP contribution in [0.2, 0.25) is 0 Å². The maximum absolute atomic E-state index is 10.4. The average Bonchev–Trinajstić information content (AvgIpc) is 2.69. The van der Waals surface area contributed by atoms with E-state index in [9.17, 15) is 5.11 Å². The third kappa shape index (κ3) is 4.13. The molecule has 1 aliphatic rings. The van der Waals surface area contributed by atoms with Crippen molar-refractivity contribution in [1.82, 2.24) is 5.32 Å². The summed E-state index contributed by atoms with van der Waals surface area (Å²) in [7, 11) is 0. The number of hydrogen-bond donors (Lipinski definition) is 2. The van der Waals surface area contributed by atoms with E-state index in [1.165, 1.54) is 25.7 Å². The van der Waals surface area contributed by atoms with Crippen molar-refractivity contribution in [3.05, 3.63) is 23.8 Å². The summed E-state index contributed by atoms with van der Waals surface area (Å²) in [6.07, 6.45) is 6.25. The molecule has 0 spiro atoms. The molecule has 3 heteroatoms. The molecule has 1 aromatic rings. The highest BCUT2D eigenvalue weighted by Gasteiger charge is 2.19. The first kappa shape index (κ1) is 16.2. The van der Waals surface area contributed by atoms with Crippen molar-refractivity contribution in [2.75, 3.05) is 18.0 Å². The Morgan fingerprint density at radius 1 is 1.33 bits per heavy atom. The molecule has 2 atom stereocenters. The summed E-state index contributed by atoms with van der Waals surface area (Å²) in [6, 6.07) is 6.95. The second-order valence-corrected chi connectivity index (χ2v) is 6.31. The summed E-state index contributed by atoms with van der Waals surface area (Å²) in [5.74, 6) is 0.417. The number of nitrogens with one attached hydrogen (secondary N) is 1. The van der Waals surface area contributed by atoms with Gasteiger partial charge < -0.3 is 15.3 Å². The number of anilines is 1. The molecule has 0 saturated carbocycles. The molecule has 1 aromatic carbocycles. The normalized spacial score (nSPS) is 21.1. The van der Waals surface area contributed by atoms with Crippen LogP contribution < -0.4 is 10.2 Å². The zero-order valence-electron chi connectivity index (χ0n) is 13.7. The number of phenolic OH excluding ortho intramolecular Hbond substituents is 1. The molecular formula is C18H30N2O. The minimum Gasteiger partial charge on any atom is -0.508 e. The minimum atomic E-state index is 0.195. The zero-order valence-corrected chi connectivity index (χ0v) is 13.7. The van der Waals surface area contributed by atoms with Gasteiger partial charge in [0.2, 0.25) is 0 Å². The summed E-state index contributed by atoms with van der Waals surface area (Å²) in [5, 5.41) is 13.8. The quantitative estimate of drug-likeness (QED) is 0.852. The highest BCUT2D eigenvalue weighted by Crippen LogP contribution is 2.31. The van der Waals surface area contributed by atoms with Crippen molar-refractivity contribution in [3.8, 4) is 5.75 Å². The van der Waals surface area contributed by atoms with Crippen LogP contribution in [-0.4, -0.2) is 24.2 Å². The lowest BCUT2D eigenvalue weighted by atomic mass is 10.1. The predicted molar refractivity (Wildman–Crippen MR) is 90.1 cm³/mol. The maximum atomic E-state index is 10.4. The third-order valence-corrected chi connectivity index (χ3v) is 4.57. The topological polar surface area (TPSA) is 35.5 Å². The Kier molecular flexibility index (Phi) is 5.92. The lowest BCUT2D eigenvalue weighted by Gasteiger charge is -2.30. The molecule has 1 saturated heterocycles. The molecule has 3 nitrogen and oxygen atoms in total. The van der Waals surface area contributed by atoms with Crippen LogP contribution in [0.5, 0.6) is 5.75 Å². The van der Waals surface area contributed by atoms with Crippen molar-refractivity contribution in [2.45, 2.75) is 65.0 Å². The molecule has 1 aliphatic heterocycles. The van der Waals surface area contributed by atoms with Crippen LogP contribution in [0.4, 0.5) is 5.69 Å². The Balaban J connectivity index is 2.13. The van der Waals surface area contributed by atoms with Gasteiger partial charge in [-0.25, -0.2) is 0 Å². The molecule has 0 radical (unpaired) electrons. The van der Waals surface area contributed by atoms with Crippen LogP contribution >= 0.6 is 0 Å². The number of hydrogen-bond acceptors (Lipinski definition) is 3. The lowest BCUT2D eigenvalue weighted by molar-refractivity contribution is 0.452. The van der Waals surface area contributed by atoms with Crippen LogP contribution in [-0.2, 0) is 0 Å². The summed E-state index contributed by atoms with van der Waals surface area (Å²) < 4.78 is 0. The van der Waals surface area contributed by atoms with Crippen molar-refractivity contribution >= 4 is 5.69 Å². The molecular weight excluding hydrogens is 260 g/mol. The smallest absolute Gasteiger partial charge is 0.122 e. The van der Waals surface area contributed by atoms with Gasteiger partial charge in [0.05, 0.1) is 0 Å². The van der Waals surface area contributed by atoms with Gasteiger partial charge >= 0.3 is 0 Å². The first-order valence-corrected chi connectivity index (χ1v) is 8.46. The predicted octanol–water partition coefficient (Wildman–Crippen LogP) is 4.22. The maximum Gasteiger partial charge on any atom is 0.122 e. The van der Waals surface area contributed by atoms with Gasteiger partial charge in [0.1, 0.15) is 5.75 Å². The van der Waals surface area contributed by atoms with Crippen LogP contribution in [0.15, 0.2) is 18.2 Å². The van der Waals surface area contributed by atoms with E-state index in [0.29, 0.717) is 11.8 Å². The monoisotopic (exact) mass is 290 g/mol. The van der Waals surface area contributed by atoms with Gasteiger partial charge in [-0.15, -0.1) is 0 Å². The molecule has 21 heavy (non-hydrogen) atoms. The number of aromatic hydroxyl groups is 1. The third-order valence-electron chi connectivity index (χ3n) is 4.57. The van der Waals surface area contributed by atoms with E-state index in [-0.39, 0.29) is 6.04 Å². The zero-order chi connectivity index (χ0) is 15.2. The van der Waals surface area contributed by atoms with Crippen molar-refractivity contribution in [2.24, 2.45) is 0 Å². The molecule has 1 fully saturated rings. The lowest BCUT2D eigenvalue weighted by Crippen LogP contribution is -2.32. The number of benzene rings is 1. The fourth-order valence-electron chi connectivity index (χ4n) is 3.21. The van der Waals surface area contributed by atoms with Crippen LogP contribution in [0.1, 0.15) is 64.5 Å². The van der Waals surface area contributed by atoms with Gasteiger partial charge in [-0.3, -0.25) is 0 Å².